The van der Waals surface area contributed by atoms with Gasteiger partial charge in [0.2, 0.25) is 0 Å². The number of pyridine rings is 1. The zero-order chi connectivity index (χ0) is 20.6. The van der Waals surface area contributed by atoms with Crippen LogP contribution in [-0.2, 0) is 13.2 Å². The van der Waals surface area contributed by atoms with Gasteiger partial charge >= 0.3 is 0 Å². The summed E-state index contributed by atoms with van der Waals surface area (Å²) in [7, 11) is 0. The molecule has 0 unspecified atom stereocenters. The molecule has 1 heterocycles. The van der Waals surface area contributed by atoms with Gasteiger partial charge in [-0.25, -0.2) is 0 Å². The van der Waals surface area contributed by atoms with E-state index in [0.29, 0.717) is 24.8 Å². The Labute approximate surface area is 177 Å². The number of nitrogens with one attached hydrogen (secondary N) is 1. The molecule has 1 aliphatic carbocycles. The van der Waals surface area contributed by atoms with E-state index in [1.165, 1.54) is 12.8 Å². The third-order valence-corrected chi connectivity index (χ3v) is 5.23. The first-order valence-corrected chi connectivity index (χ1v) is 10.4. The van der Waals surface area contributed by atoms with Crippen LogP contribution in [0.4, 0.5) is 0 Å². The van der Waals surface area contributed by atoms with E-state index in [1.54, 1.807) is 12.4 Å². The van der Waals surface area contributed by atoms with Gasteiger partial charge in [-0.1, -0.05) is 18.2 Å². The van der Waals surface area contributed by atoms with Gasteiger partial charge in [0, 0.05) is 30.1 Å². The van der Waals surface area contributed by atoms with Gasteiger partial charge in [0.05, 0.1) is 6.10 Å². The van der Waals surface area contributed by atoms with Crippen LogP contribution in [0.5, 0.6) is 11.5 Å². The van der Waals surface area contributed by atoms with Crippen LogP contribution in [0.2, 0.25) is 0 Å². The molecule has 1 amide bonds. The van der Waals surface area contributed by atoms with E-state index < -0.39 is 0 Å². The van der Waals surface area contributed by atoms with Crippen molar-refractivity contribution in [3.8, 4) is 11.5 Å². The molecule has 154 valence electrons. The third kappa shape index (κ3) is 5.60. The van der Waals surface area contributed by atoms with Gasteiger partial charge < -0.3 is 14.8 Å². The average molecular weight is 402 g/mol. The Morgan fingerprint density at radius 2 is 1.67 bits per heavy atom. The standard InChI is InChI=1S/C25H26N2O3/c28-25(21-9-13-24(14-10-21)30-23-5-1-2-6-23)27-17-19-7-11-22(12-8-19)29-18-20-4-3-15-26-16-20/h3-4,7-16,23H,1-2,5-6,17-18H2,(H,27,28). The summed E-state index contributed by atoms with van der Waals surface area (Å²) in [6.07, 6.45) is 8.57. The second-order valence-electron chi connectivity index (χ2n) is 7.53. The lowest BCUT2D eigenvalue weighted by Crippen LogP contribution is -2.22. The number of hydrogen-bond donors (Lipinski definition) is 1. The van der Waals surface area contributed by atoms with E-state index in [2.05, 4.69) is 10.3 Å². The molecule has 30 heavy (non-hydrogen) atoms. The van der Waals surface area contributed by atoms with Crippen molar-refractivity contribution in [2.45, 2.75) is 44.9 Å². The highest BCUT2D eigenvalue weighted by atomic mass is 16.5. The van der Waals surface area contributed by atoms with Gasteiger partial charge in [-0.05, 0) is 73.7 Å². The summed E-state index contributed by atoms with van der Waals surface area (Å²) in [5, 5.41) is 2.96. The second kappa shape index (κ2) is 9.92. The number of carbonyl (C=O) groups is 1. The number of hydrogen-bond acceptors (Lipinski definition) is 4. The first kappa shape index (κ1) is 20.0. The summed E-state index contributed by atoms with van der Waals surface area (Å²) in [5.41, 5.74) is 2.66. The molecule has 0 bridgehead atoms. The highest BCUT2D eigenvalue weighted by molar-refractivity contribution is 5.94. The Balaban J connectivity index is 1.24. The highest BCUT2D eigenvalue weighted by Crippen LogP contribution is 2.24. The Kier molecular flexibility index (Phi) is 6.60. The van der Waals surface area contributed by atoms with Gasteiger partial charge in [-0.15, -0.1) is 0 Å². The highest BCUT2D eigenvalue weighted by Gasteiger charge is 2.16. The number of benzene rings is 2. The molecular weight excluding hydrogens is 376 g/mol. The number of ether oxygens (including phenoxy) is 2. The molecule has 1 fully saturated rings. The zero-order valence-corrected chi connectivity index (χ0v) is 16.9. The molecule has 1 aromatic heterocycles. The molecule has 1 aliphatic rings. The molecule has 0 radical (unpaired) electrons. The summed E-state index contributed by atoms with van der Waals surface area (Å²) in [4.78, 5) is 16.5. The molecule has 1 N–H and O–H groups in total. The van der Waals surface area contributed by atoms with Crippen molar-refractivity contribution in [2.24, 2.45) is 0 Å². The van der Waals surface area contributed by atoms with Gasteiger partial charge in [0.1, 0.15) is 18.1 Å². The number of rotatable bonds is 8. The van der Waals surface area contributed by atoms with Crippen LogP contribution in [0.1, 0.15) is 47.2 Å². The molecule has 5 nitrogen and oxygen atoms in total. The van der Waals surface area contributed by atoms with Crippen LogP contribution in [0.15, 0.2) is 73.1 Å². The number of nitrogens with zero attached hydrogens (tertiary/aromatic N) is 1. The molecule has 3 aromatic rings. The van der Waals surface area contributed by atoms with Crippen molar-refractivity contribution < 1.29 is 14.3 Å². The molecule has 2 aromatic carbocycles. The van der Waals surface area contributed by atoms with Crippen molar-refractivity contribution in [3.63, 3.8) is 0 Å². The van der Waals surface area contributed by atoms with Gasteiger partial charge in [-0.2, -0.15) is 0 Å². The van der Waals surface area contributed by atoms with E-state index in [4.69, 9.17) is 9.47 Å². The van der Waals surface area contributed by atoms with Gasteiger partial charge in [0.25, 0.3) is 5.91 Å². The molecule has 0 spiro atoms. The Morgan fingerprint density at radius 1 is 0.933 bits per heavy atom. The first-order valence-electron chi connectivity index (χ1n) is 10.4. The summed E-state index contributed by atoms with van der Waals surface area (Å²) < 4.78 is 11.7. The molecule has 5 heteroatoms. The monoisotopic (exact) mass is 402 g/mol. The Bertz CT molecular complexity index is 934. The zero-order valence-electron chi connectivity index (χ0n) is 16.9. The molecule has 4 rings (SSSR count). The number of carbonyl (C=O) groups excluding carboxylic acids is 1. The summed E-state index contributed by atoms with van der Waals surface area (Å²) in [5.74, 6) is 1.52. The van der Waals surface area contributed by atoms with Crippen LogP contribution < -0.4 is 14.8 Å². The normalized spacial score (nSPS) is 13.7. The fraction of sp³-hybridized carbons (Fsp3) is 0.280. The molecule has 0 saturated heterocycles. The quantitative estimate of drug-likeness (QED) is 0.581. The predicted octanol–water partition coefficient (Wildman–Crippen LogP) is 4.91. The molecule has 0 atom stereocenters. The number of amides is 1. The van der Waals surface area contributed by atoms with Crippen LogP contribution in [0.3, 0.4) is 0 Å². The Morgan fingerprint density at radius 3 is 2.37 bits per heavy atom. The van der Waals surface area contributed by atoms with Gasteiger partial charge in [0.15, 0.2) is 0 Å². The minimum atomic E-state index is -0.0979. The summed E-state index contributed by atoms with van der Waals surface area (Å²) in [6, 6.07) is 19.0. The topological polar surface area (TPSA) is 60.5 Å². The van der Waals surface area contributed by atoms with Gasteiger partial charge in [-0.3, -0.25) is 9.78 Å². The van der Waals surface area contributed by atoms with E-state index in [0.717, 1.165) is 35.5 Å². The predicted molar refractivity (Wildman–Crippen MR) is 116 cm³/mol. The molecular formula is C25H26N2O3. The lowest BCUT2D eigenvalue weighted by atomic mass is 10.2. The minimum Gasteiger partial charge on any atom is -0.490 e. The van der Waals surface area contributed by atoms with E-state index >= 15 is 0 Å². The SMILES string of the molecule is O=C(NCc1ccc(OCc2cccnc2)cc1)c1ccc(OC2CCCC2)cc1. The van der Waals surface area contributed by atoms with Crippen molar-refractivity contribution >= 4 is 5.91 Å². The molecule has 0 aliphatic heterocycles. The fourth-order valence-electron chi connectivity index (χ4n) is 3.52. The summed E-state index contributed by atoms with van der Waals surface area (Å²) in [6.45, 7) is 0.937. The maximum atomic E-state index is 12.4. The lowest BCUT2D eigenvalue weighted by Gasteiger charge is -2.13. The minimum absolute atomic E-state index is 0.0979. The van der Waals surface area contributed by atoms with Crippen molar-refractivity contribution in [1.82, 2.24) is 10.3 Å². The Hall–Kier alpha value is -3.34. The van der Waals surface area contributed by atoms with Crippen LogP contribution in [0, 0.1) is 0 Å². The van der Waals surface area contributed by atoms with Crippen LogP contribution in [0.25, 0.3) is 0 Å². The average Bonchev–Trinajstić information content (AvgIpc) is 3.31. The van der Waals surface area contributed by atoms with Crippen molar-refractivity contribution in [2.75, 3.05) is 0 Å². The third-order valence-electron chi connectivity index (χ3n) is 5.23. The van der Waals surface area contributed by atoms with E-state index in [9.17, 15) is 4.79 Å². The fourth-order valence-corrected chi connectivity index (χ4v) is 3.52. The van der Waals surface area contributed by atoms with Crippen molar-refractivity contribution in [3.05, 3.63) is 89.7 Å². The number of aromatic nitrogens is 1. The van der Waals surface area contributed by atoms with Crippen LogP contribution >= 0.6 is 0 Å². The summed E-state index contributed by atoms with van der Waals surface area (Å²) >= 11 is 0. The largest absolute Gasteiger partial charge is 0.490 e. The lowest BCUT2D eigenvalue weighted by molar-refractivity contribution is 0.0951. The van der Waals surface area contributed by atoms with E-state index in [1.807, 2.05) is 60.7 Å². The maximum absolute atomic E-state index is 12.4. The second-order valence-corrected chi connectivity index (χ2v) is 7.53. The maximum Gasteiger partial charge on any atom is 0.251 e. The smallest absolute Gasteiger partial charge is 0.251 e. The van der Waals surface area contributed by atoms with E-state index in [-0.39, 0.29) is 5.91 Å². The van der Waals surface area contributed by atoms with Crippen molar-refractivity contribution in [1.29, 1.82) is 0 Å². The first-order chi connectivity index (χ1) is 14.8. The van der Waals surface area contributed by atoms with Crippen LogP contribution in [-0.4, -0.2) is 17.0 Å². The molecule has 1 saturated carbocycles.